The van der Waals surface area contributed by atoms with E-state index in [4.69, 9.17) is 4.74 Å². The van der Waals surface area contributed by atoms with Gasteiger partial charge in [-0.15, -0.1) is 10.2 Å². The van der Waals surface area contributed by atoms with E-state index in [1.54, 1.807) is 7.11 Å². The van der Waals surface area contributed by atoms with Crippen LogP contribution in [0, 0.1) is 0 Å². The molecule has 28 heavy (non-hydrogen) atoms. The van der Waals surface area contributed by atoms with E-state index in [-0.39, 0.29) is 11.2 Å². The van der Waals surface area contributed by atoms with Gasteiger partial charge in [-0.3, -0.25) is 4.79 Å². The predicted molar refractivity (Wildman–Crippen MR) is 111 cm³/mol. The summed E-state index contributed by atoms with van der Waals surface area (Å²) in [6, 6.07) is 17.8. The van der Waals surface area contributed by atoms with Crippen LogP contribution in [0.2, 0.25) is 0 Å². The van der Waals surface area contributed by atoms with Crippen LogP contribution in [0.4, 0.5) is 0 Å². The molecule has 0 aliphatic rings. The van der Waals surface area contributed by atoms with Crippen LogP contribution < -0.4 is 10.1 Å². The van der Waals surface area contributed by atoms with Crippen LogP contribution in [0.3, 0.4) is 0 Å². The molecule has 0 spiro atoms. The molecule has 146 valence electrons. The van der Waals surface area contributed by atoms with Gasteiger partial charge in [-0.1, -0.05) is 54.2 Å². The molecule has 0 saturated carbocycles. The summed E-state index contributed by atoms with van der Waals surface area (Å²) in [5.74, 6) is 1.61. The molecule has 0 saturated heterocycles. The van der Waals surface area contributed by atoms with Crippen molar-refractivity contribution in [2.24, 2.45) is 7.05 Å². The highest BCUT2D eigenvalue weighted by molar-refractivity contribution is 8.00. The molecule has 1 unspecified atom stereocenters. The molecule has 2 aromatic carbocycles. The third kappa shape index (κ3) is 4.92. The topological polar surface area (TPSA) is 69.0 Å². The first-order valence-corrected chi connectivity index (χ1v) is 9.98. The van der Waals surface area contributed by atoms with Gasteiger partial charge in [-0.25, -0.2) is 0 Å². The summed E-state index contributed by atoms with van der Waals surface area (Å²) in [5.41, 5.74) is 2.16. The number of aromatic nitrogens is 3. The molecule has 6 nitrogen and oxygen atoms in total. The largest absolute Gasteiger partial charge is 0.497 e. The molecule has 0 aliphatic carbocycles. The molecule has 7 heteroatoms. The molecule has 1 atom stereocenters. The number of hydrogen-bond acceptors (Lipinski definition) is 5. The minimum atomic E-state index is -0.262. The Hall–Kier alpha value is -2.80. The second-order valence-electron chi connectivity index (χ2n) is 6.38. The normalized spacial score (nSPS) is 11.8. The van der Waals surface area contributed by atoms with Crippen molar-refractivity contribution in [1.82, 2.24) is 20.1 Å². The molecule has 1 amide bonds. The number of carbonyl (C=O) groups excluding carboxylic acids is 1. The summed E-state index contributed by atoms with van der Waals surface area (Å²) < 4.78 is 7.07. The van der Waals surface area contributed by atoms with E-state index in [1.165, 1.54) is 11.8 Å². The van der Waals surface area contributed by atoms with Gasteiger partial charge in [-0.2, -0.15) is 0 Å². The monoisotopic (exact) mass is 396 g/mol. The Labute approximate surface area is 169 Å². The van der Waals surface area contributed by atoms with Gasteiger partial charge >= 0.3 is 0 Å². The predicted octanol–water partition coefficient (Wildman–Crippen LogP) is 3.33. The van der Waals surface area contributed by atoms with Crippen molar-refractivity contribution in [1.29, 1.82) is 0 Å². The van der Waals surface area contributed by atoms with E-state index in [2.05, 4.69) is 15.5 Å². The molecule has 0 radical (unpaired) electrons. The maximum atomic E-state index is 12.4. The number of thioether (sulfide) groups is 1. The van der Waals surface area contributed by atoms with Crippen LogP contribution in [0.25, 0.3) is 11.4 Å². The number of ether oxygens (including phenoxy) is 1. The van der Waals surface area contributed by atoms with Gasteiger partial charge in [0.1, 0.15) is 5.75 Å². The molecule has 1 aromatic heterocycles. The Balaban J connectivity index is 1.52. The van der Waals surface area contributed by atoms with E-state index in [0.717, 1.165) is 34.3 Å². The third-order valence-corrected chi connectivity index (χ3v) is 5.52. The van der Waals surface area contributed by atoms with Gasteiger partial charge in [0.15, 0.2) is 11.0 Å². The lowest BCUT2D eigenvalue weighted by molar-refractivity contribution is -0.120. The number of methoxy groups -OCH3 is 1. The number of hydrogen-bond donors (Lipinski definition) is 1. The van der Waals surface area contributed by atoms with E-state index in [9.17, 15) is 4.79 Å². The van der Waals surface area contributed by atoms with Crippen LogP contribution in [-0.4, -0.2) is 39.6 Å². The number of nitrogens with one attached hydrogen (secondary N) is 1. The van der Waals surface area contributed by atoms with Crippen molar-refractivity contribution >= 4 is 17.7 Å². The lowest BCUT2D eigenvalue weighted by Gasteiger charge is -2.12. The average Bonchev–Trinajstić information content (AvgIpc) is 3.09. The fraction of sp³-hybridized carbons (Fsp3) is 0.286. The first-order chi connectivity index (χ1) is 13.6. The van der Waals surface area contributed by atoms with Crippen molar-refractivity contribution < 1.29 is 9.53 Å². The van der Waals surface area contributed by atoms with Gasteiger partial charge in [0.05, 0.1) is 12.4 Å². The number of nitrogens with zero attached hydrogens (tertiary/aromatic N) is 3. The molecule has 1 heterocycles. The zero-order valence-corrected chi connectivity index (χ0v) is 17.1. The fourth-order valence-electron chi connectivity index (χ4n) is 2.73. The zero-order valence-electron chi connectivity index (χ0n) is 16.3. The Kier molecular flexibility index (Phi) is 6.71. The smallest absolute Gasteiger partial charge is 0.233 e. The van der Waals surface area contributed by atoms with Gasteiger partial charge < -0.3 is 14.6 Å². The van der Waals surface area contributed by atoms with E-state index in [0.29, 0.717) is 6.54 Å². The molecular weight excluding hydrogens is 372 g/mol. The van der Waals surface area contributed by atoms with Gasteiger partial charge in [0.25, 0.3) is 0 Å². The minimum absolute atomic E-state index is 0.0113. The van der Waals surface area contributed by atoms with Crippen molar-refractivity contribution in [2.75, 3.05) is 13.7 Å². The average molecular weight is 397 g/mol. The second-order valence-corrected chi connectivity index (χ2v) is 7.69. The fourth-order valence-corrected chi connectivity index (χ4v) is 3.57. The molecular formula is C21H24N4O2S. The minimum Gasteiger partial charge on any atom is -0.497 e. The maximum Gasteiger partial charge on any atom is 0.233 e. The Morgan fingerprint density at radius 3 is 2.54 bits per heavy atom. The van der Waals surface area contributed by atoms with Crippen molar-refractivity contribution in [3.8, 4) is 17.1 Å². The SMILES string of the molecule is COc1ccc(CCNC(=O)C(C)Sc2nnc(-c3ccccc3)n2C)cc1. The Bertz CT molecular complexity index is 910. The van der Waals surface area contributed by atoms with Crippen molar-refractivity contribution in [2.45, 2.75) is 23.8 Å². The lowest BCUT2D eigenvalue weighted by Crippen LogP contribution is -2.32. The summed E-state index contributed by atoms with van der Waals surface area (Å²) in [5, 5.41) is 12.0. The van der Waals surface area contributed by atoms with Gasteiger partial charge in [-0.05, 0) is 31.0 Å². The third-order valence-electron chi connectivity index (χ3n) is 4.39. The standard InChI is InChI=1S/C21H24N4O2S/c1-15(20(26)22-14-13-16-9-11-18(27-3)12-10-16)28-21-24-23-19(25(21)2)17-7-5-4-6-8-17/h4-12,15H,13-14H2,1-3H3,(H,22,26). The molecule has 1 N–H and O–H groups in total. The van der Waals surface area contributed by atoms with E-state index >= 15 is 0 Å². The number of amides is 1. The molecule has 0 aliphatic heterocycles. The van der Waals surface area contributed by atoms with Crippen LogP contribution in [0.15, 0.2) is 59.8 Å². The Morgan fingerprint density at radius 1 is 1.14 bits per heavy atom. The van der Waals surface area contributed by atoms with Crippen LogP contribution in [0.5, 0.6) is 5.75 Å². The van der Waals surface area contributed by atoms with Crippen LogP contribution in [0.1, 0.15) is 12.5 Å². The Morgan fingerprint density at radius 2 is 1.86 bits per heavy atom. The van der Waals surface area contributed by atoms with Crippen LogP contribution >= 0.6 is 11.8 Å². The molecule has 0 fully saturated rings. The quantitative estimate of drug-likeness (QED) is 0.592. The molecule has 0 bridgehead atoms. The number of rotatable bonds is 8. The molecule has 3 rings (SSSR count). The summed E-state index contributed by atoms with van der Waals surface area (Å²) in [4.78, 5) is 12.4. The first-order valence-electron chi connectivity index (χ1n) is 9.10. The number of carbonyl (C=O) groups is 1. The summed E-state index contributed by atoms with van der Waals surface area (Å²) in [6.45, 7) is 2.47. The van der Waals surface area contributed by atoms with Crippen molar-refractivity contribution in [3.63, 3.8) is 0 Å². The number of benzene rings is 2. The first kappa shape index (κ1) is 19.9. The molecule has 3 aromatic rings. The van der Waals surface area contributed by atoms with Crippen LogP contribution in [-0.2, 0) is 18.3 Å². The van der Waals surface area contributed by atoms with Gasteiger partial charge in [0, 0.05) is 19.2 Å². The van der Waals surface area contributed by atoms with Gasteiger partial charge in [0.2, 0.25) is 5.91 Å². The zero-order chi connectivity index (χ0) is 19.9. The van der Waals surface area contributed by atoms with Crippen molar-refractivity contribution in [3.05, 3.63) is 60.2 Å². The summed E-state index contributed by atoms with van der Waals surface area (Å²) in [7, 11) is 3.56. The highest BCUT2D eigenvalue weighted by Crippen LogP contribution is 2.25. The van der Waals surface area contributed by atoms with E-state index < -0.39 is 0 Å². The maximum absolute atomic E-state index is 12.4. The second kappa shape index (κ2) is 9.41. The lowest BCUT2D eigenvalue weighted by atomic mass is 10.1. The summed E-state index contributed by atoms with van der Waals surface area (Å²) >= 11 is 1.41. The van der Waals surface area contributed by atoms with E-state index in [1.807, 2.05) is 73.1 Å². The summed E-state index contributed by atoms with van der Waals surface area (Å²) in [6.07, 6.45) is 0.773. The highest BCUT2D eigenvalue weighted by Gasteiger charge is 2.19. The highest BCUT2D eigenvalue weighted by atomic mass is 32.2.